The van der Waals surface area contributed by atoms with Crippen molar-refractivity contribution in [2.45, 2.75) is 0 Å². The second-order valence-electron chi connectivity index (χ2n) is 2.10. The van der Waals surface area contributed by atoms with Crippen LogP contribution in [0.5, 0.6) is 0 Å². The number of carboxylic acid groups (broad SMARTS) is 1. The van der Waals surface area contributed by atoms with Gasteiger partial charge in [0, 0.05) is 0 Å². The third-order valence-electron chi connectivity index (χ3n) is 1.22. The van der Waals surface area contributed by atoms with Gasteiger partial charge in [0.15, 0.2) is 0 Å². The van der Waals surface area contributed by atoms with Crippen molar-refractivity contribution in [3.63, 3.8) is 0 Å². The number of rotatable bonds is 2. The fourth-order valence-corrected chi connectivity index (χ4v) is 0.753. The van der Waals surface area contributed by atoms with Gasteiger partial charge >= 0.3 is 0 Å². The van der Waals surface area contributed by atoms with Crippen molar-refractivity contribution in [3.05, 3.63) is 42.0 Å². The molecule has 1 aromatic rings. The lowest BCUT2D eigenvalue weighted by molar-refractivity contribution is -0.122. The molecule has 0 heterocycles. The van der Waals surface area contributed by atoms with E-state index in [1.807, 2.05) is 36.4 Å². The maximum Gasteiger partial charge on any atom is 0.290 e. The van der Waals surface area contributed by atoms with Gasteiger partial charge in [-0.05, 0) is 5.56 Å². The third-order valence-corrected chi connectivity index (χ3v) is 1.22. The minimum Gasteiger partial charge on any atom is -0.483 e. The topological polar surface area (TPSA) is 57.5 Å². The van der Waals surface area contributed by atoms with E-state index < -0.39 is 0 Å². The van der Waals surface area contributed by atoms with E-state index in [-0.39, 0.29) is 13.1 Å². The summed E-state index contributed by atoms with van der Waals surface area (Å²) in [5, 5.41) is 15.3. The van der Waals surface area contributed by atoms with Crippen molar-refractivity contribution < 1.29 is 15.0 Å². The van der Waals surface area contributed by atoms with Crippen LogP contribution in [0.1, 0.15) is 5.56 Å². The monoisotopic (exact) mass is 180 g/mol. The highest BCUT2D eigenvalue weighted by Crippen LogP contribution is 1.99. The zero-order chi connectivity index (χ0) is 9.94. The number of aliphatic hydroxyl groups is 1. The summed E-state index contributed by atoms with van der Waals surface area (Å²) >= 11 is 0. The van der Waals surface area contributed by atoms with Crippen molar-refractivity contribution in [1.29, 1.82) is 0 Å². The maximum absolute atomic E-state index is 8.44. The average molecular weight is 180 g/mol. The van der Waals surface area contributed by atoms with Crippen molar-refractivity contribution in [2.75, 3.05) is 6.61 Å². The minimum absolute atomic E-state index is 0.106. The molecule has 0 radical (unpaired) electrons. The molecule has 0 aliphatic rings. The number of hydrogen-bond donors (Lipinski definition) is 2. The molecule has 0 saturated heterocycles. The van der Waals surface area contributed by atoms with Gasteiger partial charge in [-0.1, -0.05) is 42.5 Å². The first-order valence-corrected chi connectivity index (χ1v) is 3.75. The molecule has 3 nitrogen and oxygen atoms in total. The van der Waals surface area contributed by atoms with Gasteiger partial charge in [-0.2, -0.15) is 0 Å². The molecular formula is C10H12O3. The molecule has 0 bridgehead atoms. The Morgan fingerprint density at radius 2 is 1.77 bits per heavy atom. The minimum atomic E-state index is -0.250. The molecule has 0 spiro atoms. The Morgan fingerprint density at radius 3 is 2.23 bits per heavy atom. The van der Waals surface area contributed by atoms with Crippen molar-refractivity contribution in [2.24, 2.45) is 0 Å². The molecule has 13 heavy (non-hydrogen) atoms. The molecular weight excluding hydrogens is 168 g/mol. The van der Waals surface area contributed by atoms with E-state index in [1.54, 1.807) is 6.08 Å². The molecule has 0 unspecified atom stereocenters. The Balaban J connectivity index is 0.000000424. The Labute approximate surface area is 77.0 Å². The van der Waals surface area contributed by atoms with Crippen molar-refractivity contribution in [1.82, 2.24) is 0 Å². The summed E-state index contributed by atoms with van der Waals surface area (Å²) in [6.45, 7) is -0.144. The van der Waals surface area contributed by atoms with Gasteiger partial charge in [0.05, 0.1) is 6.61 Å². The smallest absolute Gasteiger partial charge is 0.290 e. The largest absolute Gasteiger partial charge is 0.483 e. The molecule has 0 amide bonds. The van der Waals surface area contributed by atoms with E-state index in [9.17, 15) is 0 Å². The first kappa shape index (κ1) is 11.4. The Morgan fingerprint density at radius 1 is 1.23 bits per heavy atom. The van der Waals surface area contributed by atoms with Crippen LogP contribution in [0.2, 0.25) is 0 Å². The van der Waals surface area contributed by atoms with Gasteiger partial charge in [-0.3, -0.25) is 4.79 Å². The molecule has 0 fully saturated rings. The van der Waals surface area contributed by atoms with Crippen molar-refractivity contribution in [3.8, 4) is 0 Å². The molecule has 70 valence electrons. The second-order valence-corrected chi connectivity index (χ2v) is 2.10. The van der Waals surface area contributed by atoms with E-state index >= 15 is 0 Å². The third kappa shape index (κ3) is 6.77. The van der Waals surface area contributed by atoms with Crippen LogP contribution in [-0.2, 0) is 4.79 Å². The molecule has 0 aliphatic heterocycles. The highest BCUT2D eigenvalue weighted by molar-refractivity contribution is 5.48. The summed E-state index contributed by atoms with van der Waals surface area (Å²) in [6, 6.07) is 9.89. The molecule has 3 heteroatoms. The van der Waals surface area contributed by atoms with Gasteiger partial charge in [-0.25, -0.2) is 0 Å². The molecule has 0 atom stereocenters. The quantitative estimate of drug-likeness (QED) is 0.676. The van der Waals surface area contributed by atoms with E-state index in [1.165, 1.54) is 0 Å². The lowest BCUT2D eigenvalue weighted by Crippen LogP contribution is -1.72. The van der Waals surface area contributed by atoms with E-state index in [0.29, 0.717) is 0 Å². The summed E-state index contributed by atoms with van der Waals surface area (Å²) < 4.78 is 0. The summed E-state index contributed by atoms with van der Waals surface area (Å²) in [6.07, 6.45) is 3.61. The van der Waals surface area contributed by atoms with Gasteiger partial charge in [0.2, 0.25) is 0 Å². The second kappa shape index (κ2) is 8.49. The zero-order valence-electron chi connectivity index (χ0n) is 7.13. The van der Waals surface area contributed by atoms with Crippen LogP contribution in [-0.4, -0.2) is 23.3 Å². The maximum atomic E-state index is 8.44. The summed E-state index contributed by atoms with van der Waals surface area (Å²) in [5.74, 6) is 0. The predicted octanol–water partition coefficient (Wildman–Crippen LogP) is 1.39. The van der Waals surface area contributed by atoms with Gasteiger partial charge in [0.1, 0.15) is 0 Å². The number of carbonyl (C=O) groups is 1. The Kier molecular flexibility index (Phi) is 7.44. The first-order valence-electron chi connectivity index (χ1n) is 3.75. The van der Waals surface area contributed by atoms with Crippen LogP contribution in [0.4, 0.5) is 0 Å². The summed E-state index contributed by atoms with van der Waals surface area (Å²) in [5.41, 5.74) is 1.12. The van der Waals surface area contributed by atoms with Crippen LogP contribution in [0, 0.1) is 0 Å². The fourth-order valence-electron chi connectivity index (χ4n) is 0.753. The molecule has 0 aromatic heterocycles. The van der Waals surface area contributed by atoms with Crippen LogP contribution in [0.25, 0.3) is 6.08 Å². The fraction of sp³-hybridized carbons (Fsp3) is 0.100. The number of benzene rings is 1. The predicted molar refractivity (Wildman–Crippen MR) is 51.3 cm³/mol. The van der Waals surface area contributed by atoms with E-state index in [0.717, 1.165) is 5.56 Å². The Hall–Kier alpha value is -1.61. The van der Waals surface area contributed by atoms with Gasteiger partial charge in [0.25, 0.3) is 6.47 Å². The molecule has 1 rings (SSSR count). The highest BCUT2D eigenvalue weighted by Gasteiger charge is 1.79. The number of hydrogen-bond acceptors (Lipinski definition) is 2. The normalized spacial score (nSPS) is 9.00. The van der Waals surface area contributed by atoms with Gasteiger partial charge < -0.3 is 10.2 Å². The lowest BCUT2D eigenvalue weighted by Gasteiger charge is -1.88. The average Bonchev–Trinajstić information content (AvgIpc) is 2.18. The molecule has 0 aliphatic carbocycles. The summed E-state index contributed by atoms with van der Waals surface area (Å²) in [4.78, 5) is 8.36. The number of aliphatic hydroxyl groups excluding tert-OH is 1. The Bertz CT molecular complexity index is 242. The highest BCUT2D eigenvalue weighted by atomic mass is 16.3. The van der Waals surface area contributed by atoms with Crippen LogP contribution >= 0.6 is 0 Å². The van der Waals surface area contributed by atoms with Crippen molar-refractivity contribution >= 4 is 12.5 Å². The van der Waals surface area contributed by atoms with Gasteiger partial charge in [-0.15, -0.1) is 0 Å². The standard InChI is InChI=1S/C9H10O.CH2O2/c10-8-4-7-9-5-2-1-3-6-9;2-1-3/h1-7,10H,8H2;1H,(H,2,3). The van der Waals surface area contributed by atoms with Crippen LogP contribution < -0.4 is 0 Å². The lowest BCUT2D eigenvalue weighted by atomic mass is 10.2. The van der Waals surface area contributed by atoms with E-state index in [2.05, 4.69) is 0 Å². The van der Waals surface area contributed by atoms with Crippen LogP contribution in [0.3, 0.4) is 0 Å². The SMILES string of the molecule is O=CO.OCC=Cc1ccccc1. The molecule has 0 saturated carbocycles. The molecule has 2 N–H and O–H groups in total. The summed E-state index contributed by atoms with van der Waals surface area (Å²) in [7, 11) is 0. The van der Waals surface area contributed by atoms with Crippen LogP contribution in [0.15, 0.2) is 36.4 Å². The van der Waals surface area contributed by atoms with E-state index in [4.69, 9.17) is 15.0 Å². The molecule has 1 aromatic carbocycles. The zero-order valence-corrected chi connectivity index (χ0v) is 7.13. The first-order chi connectivity index (χ1) is 6.35.